The highest BCUT2D eigenvalue weighted by Crippen LogP contribution is 2.30. The molecular formula is C24H22N4O4. The summed E-state index contributed by atoms with van der Waals surface area (Å²) in [7, 11) is 1.60. The molecule has 0 saturated carbocycles. The Morgan fingerprint density at radius 1 is 1.34 bits per heavy atom. The largest absolute Gasteiger partial charge is 0.501 e. The number of carboxylic acid groups (broad SMARTS) is 1. The third kappa shape index (κ3) is 4.79. The summed E-state index contributed by atoms with van der Waals surface area (Å²) in [5.74, 6) is 0.754. The summed E-state index contributed by atoms with van der Waals surface area (Å²) in [6.07, 6.45) is 8.12. The van der Waals surface area contributed by atoms with Gasteiger partial charge in [-0.2, -0.15) is 10.4 Å². The topological polar surface area (TPSA) is 109 Å². The molecule has 2 N–H and O–H groups in total. The van der Waals surface area contributed by atoms with Gasteiger partial charge in [-0.3, -0.25) is 0 Å². The number of nitriles is 1. The molecule has 3 rings (SSSR count). The van der Waals surface area contributed by atoms with Gasteiger partial charge in [0.05, 0.1) is 41.4 Å². The summed E-state index contributed by atoms with van der Waals surface area (Å²) < 4.78 is 12.2. The van der Waals surface area contributed by atoms with Crippen LogP contribution in [0.1, 0.15) is 28.4 Å². The molecule has 1 aromatic carbocycles. The number of carboxylic acids is 1. The van der Waals surface area contributed by atoms with E-state index in [-0.39, 0.29) is 5.56 Å². The standard InChI is InChI=1S/C24H22N4O4/c1-15(31-4)6-5-7-16(2)32-20-10-8-19(9-11-20)27-22-18(12-25)13-26-28-14-21(24(29)30)17(3)23(22)28/h5-11,13-14,27H,2H2,1,3-4H3,(H,29,30)/b7-5-,15-6+. The number of aryl methyl sites for hydroxylation is 1. The molecule has 0 aliphatic carbocycles. The number of hydrogen-bond acceptors (Lipinski definition) is 6. The van der Waals surface area contributed by atoms with E-state index >= 15 is 0 Å². The van der Waals surface area contributed by atoms with Gasteiger partial charge in [0.1, 0.15) is 17.6 Å². The highest BCUT2D eigenvalue weighted by atomic mass is 16.5. The van der Waals surface area contributed by atoms with Gasteiger partial charge < -0.3 is 19.9 Å². The van der Waals surface area contributed by atoms with Gasteiger partial charge in [0, 0.05) is 11.9 Å². The minimum Gasteiger partial charge on any atom is -0.501 e. The summed E-state index contributed by atoms with van der Waals surface area (Å²) in [4.78, 5) is 11.5. The fourth-order valence-corrected chi connectivity index (χ4v) is 3.01. The molecule has 0 aliphatic rings. The van der Waals surface area contributed by atoms with Gasteiger partial charge in [0.2, 0.25) is 0 Å². The molecule has 2 heterocycles. The van der Waals surface area contributed by atoms with E-state index in [0.29, 0.717) is 39.5 Å². The third-order valence-corrected chi connectivity index (χ3v) is 4.72. The number of aromatic carboxylic acids is 1. The van der Waals surface area contributed by atoms with E-state index in [1.807, 2.05) is 6.92 Å². The number of rotatable bonds is 8. The second-order valence-electron chi connectivity index (χ2n) is 6.87. The maximum absolute atomic E-state index is 11.5. The van der Waals surface area contributed by atoms with E-state index in [1.165, 1.54) is 16.9 Å². The summed E-state index contributed by atoms with van der Waals surface area (Å²) in [5, 5.41) is 26.3. The zero-order valence-corrected chi connectivity index (χ0v) is 17.9. The van der Waals surface area contributed by atoms with Crippen molar-refractivity contribution in [2.24, 2.45) is 0 Å². The van der Waals surface area contributed by atoms with Crippen molar-refractivity contribution < 1.29 is 19.4 Å². The second-order valence-corrected chi connectivity index (χ2v) is 6.87. The van der Waals surface area contributed by atoms with E-state index < -0.39 is 5.97 Å². The van der Waals surface area contributed by atoms with Crippen LogP contribution in [0.3, 0.4) is 0 Å². The predicted molar refractivity (Wildman–Crippen MR) is 121 cm³/mol. The molecule has 162 valence electrons. The Bertz CT molecular complexity index is 1280. The lowest BCUT2D eigenvalue weighted by molar-refractivity contribution is 0.0696. The zero-order chi connectivity index (χ0) is 23.3. The van der Waals surface area contributed by atoms with E-state index in [4.69, 9.17) is 9.47 Å². The van der Waals surface area contributed by atoms with Crippen LogP contribution in [0.15, 0.2) is 73.0 Å². The first-order valence-corrected chi connectivity index (χ1v) is 9.61. The number of benzene rings is 1. The van der Waals surface area contributed by atoms with Gasteiger partial charge >= 0.3 is 5.97 Å². The van der Waals surface area contributed by atoms with Crippen molar-refractivity contribution in [2.75, 3.05) is 12.4 Å². The fourth-order valence-electron chi connectivity index (χ4n) is 3.01. The molecule has 32 heavy (non-hydrogen) atoms. The highest BCUT2D eigenvalue weighted by molar-refractivity contribution is 5.96. The number of methoxy groups -OCH3 is 1. The average molecular weight is 430 g/mol. The van der Waals surface area contributed by atoms with Crippen LogP contribution in [0.5, 0.6) is 5.75 Å². The number of aromatic nitrogens is 2. The lowest BCUT2D eigenvalue weighted by Crippen LogP contribution is -2.01. The molecule has 0 atom stereocenters. The number of nitrogens with one attached hydrogen (secondary N) is 1. The molecule has 0 saturated heterocycles. The maximum atomic E-state index is 11.5. The van der Waals surface area contributed by atoms with Crippen LogP contribution in [-0.2, 0) is 4.74 Å². The lowest BCUT2D eigenvalue weighted by Gasteiger charge is -2.12. The first-order valence-electron chi connectivity index (χ1n) is 9.61. The van der Waals surface area contributed by atoms with Crippen LogP contribution >= 0.6 is 0 Å². The molecule has 0 spiro atoms. The average Bonchev–Trinajstić information content (AvgIpc) is 3.12. The Labute approximate surface area is 185 Å². The Balaban J connectivity index is 1.83. The molecule has 3 aromatic rings. The number of ether oxygens (including phenoxy) is 2. The first-order chi connectivity index (χ1) is 15.3. The molecule has 0 radical (unpaired) electrons. The Morgan fingerprint density at radius 3 is 2.69 bits per heavy atom. The highest BCUT2D eigenvalue weighted by Gasteiger charge is 2.19. The fraction of sp³-hybridized carbons (Fsp3) is 0.125. The van der Waals surface area contributed by atoms with Crippen molar-refractivity contribution >= 4 is 22.9 Å². The second kappa shape index (κ2) is 9.53. The maximum Gasteiger partial charge on any atom is 0.337 e. The van der Waals surface area contributed by atoms with Crippen molar-refractivity contribution in [3.05, 3.63) is 89.7 Å². The Hall–Kier alpha value is -4.51. The van der Waals surface area contributed by atoms with Crippen LogP contribution in [0, 0.1) is 18.3 Å². The van der Waals surface area contributed by atoms with Crippen molar-refractivity contribution in [1.29, 1.82) is 5.26 Å². The Kier molecular flexibility index (Phi) is 6.61. The van der Waals surface area contributed by atoms with Crippen LogP contribution < -0.4 is 10.1 Å². The van der Waals surface area contributed by atoms with Crippen LogP contribution in [0.2, 0.25) is 0 Å². The minimum absolute atomic E-state index is 0.126. The van der Waals surface area contributed by atoms with E-state index in [9.17, 15) is 15.2 Å². The number of allylic oxidation sites excluding steroid dienone is 4. The number of carbonyl (C=O) groups is 1. The zero-order valence-electron chi connectivity index (χ0n) is 17.9. The van der Waals surface area contributed by atoms with Gasteiger partial charge in [-0.15, -0.1) is 0 Å². The molecular weight excluding hydrogens is 408 g/mol. The predicted octanol–water partition coefficient (Wildman–Crippen LogP) is 4.96. The molecule has 8 nitrogen and oxygen atoms in total. The van der Waals surface area contributed by atoms with Crippen LogP contribution in [-0.4, -0.2) is 27.8 Å². The van der Waals surface area contributed by atoms with E-state index in [2.05, 4.69) is 23.1 Å². The molecule has 0 unspecified atom stereocenters. The molecule has 0 bridgehead atoms. The van der Waals surface area contributed by atoms with E-state index in [0.717, 1.165) is 5.76 Å². The van der Waals surface area contributed by atoms with Gasteiger partial charge in [-0.1, -0.05) is 12.7 Å². The Morgan fingerprint density at radius 2 is 2.06 bits per heavy atom. The molecule has 2 aromatic heterocycles. The minimum atomic E-state index is -1.05. The number of nitrogens with zero attached hydrogens (tertiary/aromatic N) is 3. The quantitative estimate of drug-likeness (QED) is 0.384. The normalized spacial score (nSPS) is 11.4. The smallest absolute Gasteiger partial charge is 0.337 e. The number of hydrogen-bond donors (Lipinski definition) is 2. The summed E-state index contributed by atoms with van der Waals surface area (Å²) in [6, 6.07) is 9.19. The SMILES string of the molecule is C=C(/C=C\C=C(/C)OC)Oc1ccc(Nc2c(C#N)cnn3cc(C(=O)O)c(C)c23)cc1. The van der Waals surface area contributed by atoms with Gasteiger partial charge in [0.15, 0.2) is 0 Å². The number of anilines is 2. The van der Waals surface area contributed by atoms with E-state index in [1.54, 1.807) is 56.5 Å². The van der Waals surface area contributed by atoms with Gasteiger partial charge in [-0.05, 0) is 55.8 Å². The monoisotopic (exact) mass is 430 g/mol. The number of fused-ring (bicyclic) bond motifs is 1. The van der Waals surface area contributed by atoms with Crippen LogP contribution in [0.25, 0.3) is 5.52 Å². The molecule has 8 heteroatoms. The van der Waals surface area contributed by atoms with Crippen molar-refractivity contribution in [2.45, 2.75) is 13.8 Å². The van der Waals surface area contributed by atoms with Gasteiger partial charge in [0.25, 0.3) is 0 Å². The molecule has 0 fully saturated rings. The van der Waals surface area contributed by atoms with Crippen molar-refractivity contribution in [1.82, 2.24) is 9.61 Å². The summed E-state index contributed by atoms with van der Waals surface area (Å²) in [6.45, 7) is 7.38. The van der Waals surface area contributed by atoms with Crippen molar-refractivity contribution in [3.63, 3.8) is 0 Å². The lowest BCUT2D eigenvalue weighted by atomic mass is 10.1. The van der Waals surface area contributed by atoms with Crippen LogP contribution in [0.4, 0.5) is 11.4 Å². The summed E-state index contributed by atoms with van der Waals surface area (Å²) >= 11 is 0. The van der Waals surface area contributed by atoms with Crippen molar-refractivity contribution in [3.8, 4) is 11.8 Å². The molecule has 0 amide bonds. The molecule has 0 aliphatic heterocycles. The van der Waals surface area contributed by atoms with Gasteiger partial charge in [-0.25, -0.2) is 9.31 Å². The third-order valence-electron chi connectivity index (χ3n) is 4.72. The first kappa shape index (κ1) is 22.2. The summed E-state index contributed by atoms with van der Waals surface area (Å²) in [5.41, 5.74) is 2.65.